The molecule has 1 unspecified atom stereocenters. The van der Waals surface area contributed by atoms with E-state index in [1.54, 1.807) is 7.11 Å². The molecule has 0 aliphatic heterocycles. The normalized spacial score (nSPS) is 12.1. The number of carboxylic acid groups (broad SMARTS) is 1. The lowest BCUT2D eigenvalue weighted by Gasteiger charge is -2.10. The van der Waals surface area contributed by atoms with Gasteiger partial charge in [0.1, 0.15) is 5.75 Å². The predicted octanol–water partition coefficient (Wildman–Crippen LogP) is 1.94. The zero-order valence-corrected chi connectivity index (χ0v) is 11.0. The van der Waals surface area contributed by atoms with Crippen LogP contribution in [0.4, 0.5) is 0 Å². The van der Waals surface area contributed by atoms with Crippen LogP contribution in [0.1, 0.15) is 18.9 Å². The van der Waals surface area contributed by atoms with Crippen LogP contribution in [0.5, 0.6) is 5.75 Å². The zero-order valence-electron chi connectivity index (χ0n) is 11.0. The Morgan fingerprint density at radius 2 is 2.06 bits per heavy atom. The standard InChI is InChI=1S/C14H21NO3/c1-11(9-14(16)17)10-15-8-7-12-3-5-13(18-2)6-4-12/h3-6,11,15H,7-10H2,1-2H3,(H,16,17). The van der Waals surface area contributed by atoms with Crippen LogP contribution >= 0.6 is 0 Å². The first-order valence-corrected chi connectivity index (χ1v) is 6.17. The quantitative estimate of drug-likeness (QED) is 0.693. The van der Waals surface area contributed by atoms with Gasteiger partial charge in [-0.2, -0.15) is 0 Å². The molecule has 0 bridgehead atoms. The van der Waals surface area contributed by atoms with Gasteiger partial charge in [-0.3, -0.25) is 4.79 Å². The minimum absolute atomic E-state index is 0.165. The Morgan fingerprint density at radius 1 is 1.39 bits per heavy atom. The molecule has 0 heterocycles. The smallest absolute Gasteiger partial charge is 0.303 e. The molecule has 0 fully saturated rings. The number of ether oxygens (including phenoxy) is 1. The van der Waals surface area contributed by atoms with E-state index in [4.69, 9.17) is 9.84 Å². The molecule has 0 saturated carbocycles. The van der Waals surface area contributed by atoms with Crippen LogP contribution in [-0.2, 0) is 11.2 Å². The topological polar surface area (TPSA) is 58.6 Å². The SMILES string of the molecule is COc1ccc(CCNCC(C)CC(=O)O)cc1. The highest BCUT2D eigenvalue weighted by molar-refractivity contribution is 5.66. The van der Waals surface area contributed by atoms with Gasteiger partial charge in [-0.05, 0) is 43.1 Å². The van der Waals surface area contributed by atoms with E-state index >= 15 is 0 Å². The summed E-state index contributed by atoms with van der Waals surface area (Å²) in [5.74, 6) is 0.291. The number of hydrogen-bond acceptors (Lipinski definition) is 3. The third-order valence-electron chi connectivity index (χ3n) is 2.77. The molecule has 100 valence electrons. The highest BCUT2D eigenvalue weighted by Crippen LogP contribution is 2.11. The molecule has 0 aliphatic carbocycles. The van der Waals surface area contributed by atoms with Gasteiger partial charge < -0.3 is 15.2 Å². The van der Waals surface area contributed by atoms with Gasteiger partial charge in [0.25, 0.3) is 0 Å². The lowest BCUT2D eigenvalue weighted by atomic mass is 10.1. The van der Waals surface area contributed by atoms with Gasteiger partial charge in [-0.25, -0.2) is 0 Å². The van der Waals surface area contributed by atoms with Crippen LogP contribution < -0.4 is 10.1 Å². The van der Waals surface area contributed by atoms with E-state index in [-0.39, 0.29) is 12.3 Å². The van der Waals surface area contributed by atoms with Gasteiger partial charge in [0, 0.05) is 6.42 Å². The second kappa shape index (κ2) is 7.71. The number of aliphatic carboxylic acids is 1. The first-order chi connectivity index (χ1) is 8.61. The van der Waals surface area contributed by atoms with Crippen molar-refractivity contribution in [2.75, 3.05) is 20.2 Å². The van der Waals surface area contributed by atoms with Gasteiger partial charge >= 0.3 is 5.97 Å². The number of carbonyl (C=O) groups is 1. The van der Waals surface area contributed by atoms with Crippen LogP contribution in [0.15, 0.2) is 24.3 Å². The lowest BCUT2D eigenvalue weighted by Crippen LogP contribution is -2.24. The van der Waals surface area contributed by atoms with E-state index in [2.05, 4.69) is 5.32 Å². The number of methoxy groups -OCH3 is 1. The number of carboxylic acids is 1. The fraction of sp³-hybridized carbons (Fsp3) is 0.500. The molecule has 2 N–H and O–H groups in total. The first-order valence-electron chi connectivity index (χ1n) is 6.17. The summed E-state index contributed by atoms with van der Waals surface area (Å²) >= 11 is 0. The molecule has 4 heteroatoms. The Morgan fingerprint density at radius 3 is 2.61 bits per heavy atom. The summed E-state index contributed by atoms with van der Waals surface area (Å²) in [6.07, 6.45) is 1.15. The number of nitrogens with one attached hydrogen (secondary N) is 1. The molecule has 4 nitrogen and oxygen atoms in total. The van der Waals surface area contributed by atoms with Gasteiger partial charge in [0.15, 0.2) is 0 Å². The molecule has 0 aromatic heterocycles. The average molecular weight is 251 g/mol. The van der Waals surface area contributed by atoms with E-state index in [0.717, 1.165) is 25.3 Å². The summed E-state index contributed by atoms with van der Waals surface area (Å²) in [5.41, 5.74) is 1.24. The third kappa shape index (κ3) is 5.68. The minimum Gasteiger partial charge on any atom is -0.497 e. The Bertz CT molecular complexity index is 362. The molecule has 0 aliphatic rings. The van der Waals surface area contributed by atoms with Crippen LogP contribution in [0, 0.1) is 5.92 Å². The average Bonchev–Trinajstić information content (AvgIpc) is 2.34. The summed E-state index contributed by atoms with van der Waals surface area (Å²) < 4.78 is 5.09. The Balaban J connectivity index is 2.19. The maximum atomic E-state index is 10.5. The molecule has 0 amide bonds. The van der Waals surface area contributed by atoms with Gasteiger partial charge in [-0.1, -0.05) is 19.1 Å². The highest BCUT2D eigenvalue weighted by atomic mass is 16.5. The number of hydrogen-bond donors (Lipinski definition) is 2. The Labute approximate surface area is 108 Å². The van der Waals surface area contributed by atoms with Crippen LogP contribution in [0.25, 0.3) is 0 Å². The van der Waals surface area contributed by atoms with Gasteiger partial charge in [0.05, 0.1) is 7.11 Å². The summed E-state index contributed by atoms with van der Waals surface area (Å²) in [4.78, 5) is 10.5. The summed E-state index contributed by atoms with van der Waals surface area (Å²) in [7, 11) is 1.65. The largest absolute Gasteiger partial charge is 0.497 e. The second-order valence-electron chi connectivity index (χ2n) is 4.51. The number of benzene rings is 1. The van der Waals surface area contributed by atoms with Crippen molar-refractivity contribution in [3.8, 4) is 5.75 Å². The molecule has 0 spiro atoms. The lowest BCUT2D eigenvalue weighted by molar-refractivity contribution is -0.137. The second-order valence-corrected chi connectivity index (χ2v) is 4.51. The maximum absolute atomic E-state index is 10.5. The summed E-state index contributed by atoms with van der Waals surface area (Å²) in [6.45, 7) is 3.53. The van der Waals surface area contributed by atoms with Crippen molar-refractivity contribution in [1.29, 1.82) is 0 Å². The van der Waals surface area contributed by atoms with E-state index in [1.807, 2.05) is 31.2 Å². The van der Waals surface area contributed by atoms with Crippen LogP contribution in [0.2, 0.25) is 0 Å². The van der Waals surface area contributed by atoms with Crippen molar-refractivity contribution in [3.63, 3.8) is 0 Å². The first kappa shape index (κ1) is 14.5. The van der Waals surface area contributed by atoms with Crippen molar-refractivity contribution in [2.24, 2.45) is 5.92 Å². The van der Waals surface area contributed by atoms with Crippen molar-refractivity contribution in [1.82, 2.24) is 5.32 Å². The van der Waals surface area contributed by atoms with Gasteiger partial charge in [-0.15, -0.1) is 0 Å². The summed E-state index contributed by atoms with van der Waals surface area (Å²) in [5, 5.41) is 11.9. The van der Waals surface area contributed by atoms with E-state index < -0.39 is 5.97 Å². The predicted molar refractivity (Wildman–Crippen MR) is 71.0 cm³/mol. The van der Waals surface area contributed by atoms with E-state index in [9.17, 15) is 4.79 Å². The van der Waals surface area contributed by atoms with Crippen molar-refractivity contribution >= 4 is 5.97 Å². The molecule has 0 saturated heterocycles. The molecule has 0 radical (unpaired) electrons. The fourth-order valence-corrected chi connectivity index (χ4v) is 1.74. The van der Waals surface area contributed by atoms with Crippen LogP contribution in [0.3, 0.4) is 0 Å². The number of rotatable bonds is 8. The Hall–Kier alpha value is -1.55. The molecule has 1 rings (SSSR count). The maximum Gasteiger partial charge on any atom is 0.303 e. The monoisotopic (exact) mass is 251 g/mol. The fourth-order valence-electron chi connectivity index (χ4n) is 1.74. The van der Waals surface area contributed by atoms with Crippen molar-refractivity contribution < 1.29 is 14.6 Å². The third-order valence-corrected chi connectivity index (χ3v) is 2.77. The van der Waals surface area contributed by atoms with Crippen LogP contribution in [-0.4, -0.2) is 31.3 Å². The molecule has 1 atom stereocenters. The molecule has 18 heavy (non-hydrogen) atoms. The molecule has 1 aromatic carbocycles. The molecule has 1 aromatic rings. The Kier molecular flexibility index (Phi) is 6.22. The van der Waals surface area contributed by atoms with Crippen molar-refractivity contribution in [2.45, 2.75) is 19.8 Å². The minimum atomic E-state index is -0.737. The summed E-state index contributed by atoms with van der Waals surface area (Å²) in [6, 6.07) is 7.98. The molecular formula is C14H21NO3. The van der Waals surface area contributed by atoms with Gasteiger partial charge in [0.2, 0.25) is 0 Å². The van der Waals surface area contributed by atoms with E-state index in [0.29, 0.717) is 0 Å². The molecular weight excluding hydrogens is 230 g/mol. The van der Waals surface area contributed by atoms with E-state index in [1.165, 1.54) is 5.56 Å². The van der Waals surface area contributed by atoms with Crippen molar-refractivity contribution in [3.05, 3.63) is 29.8 Å². The zero-order chi connectivity index (χ0) is 13.4. The highest BCUT2D eigenvalue weighted by Gasteiger charge is 2.06.